The summed E-state index contributed by atoms with van der Waals surface area (Å²) < 4.78 is 0. The standard InChI is InChI=1S/C62H50Si2/c1-63(2,55-37-29-45-21-19-39-11-9-13-41-27-35-53(55)61(45)57(39)41)47-31-23-43(24-32-47)59-49-15-5-7-17-51(49)60(52-18-8-6-16-50(52)59)44-25-33-48(34-26-44)64(3,4)56-38-30-46-22-20-40-12-10-14-42-28-36-54(56)62(46)58(40)42/h5-10,13-21,23-39H,11-12,22H2,1-4H3. The van der Waals surface area contributed by atoms with E-state index in [4.69, 9.17) is 0 Å². The lowest BCUT2D eigenvalue weighted by molar-refractivity contribution is 0.861. The summed E-state index contributed by atoms with van der Waals surface area (Å²) in [6.45, 7) is 10.2. The molecule has 9 aromatic rings. The molecule has 0 nitrogen and oxygen atoms in total. The van der Waals surface area contributed by atoms with Crippen molar-refractivity contribution in [1.82, 2.24) is 0 Å². The molecule has 1 unspecified atom stereocenters. The van der Waals surface area contributed by atoms with Crippen LogP contribution in [0.4, 0.5) is 0 Å². The Morgan fingerprint density at radius 2 is 0.953 bits per heavy atom. The van der Waals surface area contributed by atoms with Gasteiger partial charge in [0.05, 0.1) is 0 Å². The number of fused-ring (bicyclic) bond motifs is 2. The number of benzene rings is 9. The van der Waals surface area contributed by atoms with Crippen molar-refractivity contribution in [3.8, 4) is 22.3 Å². The maximum atomic E-state index is 2.54. The van der Waals surface area contributed by atoms with E-state index >= 15 is 0 Å². The minimum Gasteiger partial charge on any atom is -0.0830 e. The lowest BCUT2D eigenvalue weighted by Crippen LogP contribution is -2.53. The summed E-state index contributed by atoms with van der Waals surface area (Å²) in [7, 11) is -4.15. The Morgan fingerprint density at radius 1 is 0.422 bits per heavy atom. The number of hydrogen-bond acceptors (Lipinski definition) is 0. The average molecular weight is 851 g/mol. The first-order chi connectivity index (χ1) is 31.3. The Hall–Kier alpha value is -6.59. The third-order valence-electron chi connectivity index (χ3n) is 15.7. The van der Waals surface area contributed by atoms with Gasteiger partial charge in [0.1, 0.15) is 16.1 Å². The van der Waals surface area contributed by atoms with Crippen LogP contribution in [0.2, 0.25) is 26.2 Å². The monoisotopic (exact) mass is 850 g/mol. The lowest BCUT2D eigenvalue weighted by Gasteiger charge is -2.30. The minimum atomic E-state index is -2.08. The van der Waals surface area contributed by atoms with Crippen LogP contribution in [-0.2, 0) is 6.42 Å². The minimum absolute atomic E-state index is 0.484. The Morgan fingerprint density at radius 3 is 1.56 bits per heavy atom. The van der Waals surface area contributed by atoms with Gasteiger partial charge in [-0.15, -0.1) is 0 Å². The van der Waals surface area contributed by atoms with Crippen molar-refractivity contribution in [1.29, 1.82) is 0 Å². The molecule has 0 aliphatic heterocycles. The highest BCUT2D eigenvalue weighted by atomic mass is 28.3. The highest BCUT2D eigenvalue weighted by Crippen LogP contribution is 2.45. The fourth-order valence-corrected chi connectivity index (χ4v) is 17.7. The second kappa shape index (κ2) is 14.0. The van der Waals surface area contributed by atoms with E-state index in [2.05, 4.69) is 214 Å². The van der Waals surface area contributed by atoms with Crippen LogP contribution in [0.3, 0.4) is 0 Å². The molecule has 9 aromatic carbocycles. The molecule has 0 N–H and O–H groups in total. The van der Waals surface area contributed by atoms with Gasteiger partial charge >= 0.3 is 0 Å². The summed E-state index contributed by atoms with van der Waals surface area (Å²) in [5.41, 5.74) is 15.3. The smallest absolute Gasteiger partial charge is 0.0830 e. The quantitative estimate of drug-likeness (QED) is 0.115. The molecule has 4 aliphatic rings. The molecule has 0 bridgehead atoms. The molecule has 0 heterocycles. The molecule has 2 heteroatoms. The van der Waals surface area contributed by atoms with Crippen LogP contribution in [0.1, 0.15) is 52.1 Å². The Labute approximate surface area is 378 Å². The van der Waals surface area contributed by atoms with Gasteiger partial charge in [0.15, 0.2) is 0 Å². The second-order valence-corrected chi connectivity index (χ2v) is 28.5. The third-order valence-corrected chi connectivity index (χ3v) is 22.9. The summed E-state index contributed by atoms with van der Waals surface area (Å²) in [5, 5.41) is 17.1. The first-order valence-corrected chi connectivity index (χ1v) is 29.3. The molecule has 306 valence electrons. The topological polar surface area (TPSA) is 0 Å². The Bertz CT molecular complexity index is 3420. The molecular weight excluding hydrogens is 801 g/mol. The molecule has 64 heavy (non-hydrogen) atoms. The van der Waals surface area contributed by atoms with Crippen molar-refractivity contribution >= 4 is 104 Å². The van der Waals surface area contributed by atoms with Crippen LogP contribution in [0.5, 0.6) is 0 Å². The first kappa shape index (κ1) is 37.9. The van der Waals surface area contributed by atoms with Gasteiger partial charge in [0, 0.05) is 5.92 Å². The number of hydrogen-bond donors (Lipinski definition) is 0. The van der Waals surface area contributed by atoms with E-state index in [1.54, 1.807) is 0 Å². The van der Waals surface area contributed by atoms with Gasteiger partial charge in [-0.2, -0.15) is 0 Å². The van der Waals surface area contributed by atoms with Gasteiger partial charge in [-0.25, -0.2) is 0 Å². The fraction of sp³-hybridized carbons (Fsp3) is 0.129. The molecule has 0 saturated heterocycles. The van der Waals surface area contributed by atoms with E-state index in [1.165, 1.54) is 125 Å². The predicted octanol–water partition coefficient (Wildman–Crippen LogP) is 14.2. The zero-order valence-corrected chi connectivity index (χ0v) is 39.1. The van der Waals surface area contributed by atoms with E-state index in [9.17, 15) is 0 Å². The Kier molecular flexibility index (Phi) is 8.27. The van der Waals surface area contributed by atoms with Crippen LogP contribution in [0.25, 0.3) is 89.1 Å². The van der Waals surface area contributed by atoms with Crippen molar-refractivity contribution in [2.45, 2.75) is 51.4 Å². The average Bonchev–Trinajstić information content (AvgIpc) is 3.34. The summed E-state index contributed by atoms with van der Waals surface area (Å²) >= 11 is 0. The van der Waals surface area contributed by atoms with E-state index in [1.807, 2.05) is 0 Å². The van der Waals surface area contributed by atoms with E-state index < -0.39 is 16.1 Å². The van der Waals surface area contributed by atoms with Gasteiger partial charge < -0.3 is 0 Å². The van der Waals surface area contributed by atoms with Gasteiger partial charge in [0.25, 0.3) is 0 Å². The second-order valence-electron chi connectivity index (χ2n) is 19.8. The molecule has 4 aliphatic carbocycles. The molecule has 13 rings (SSSR count). The molecule has 1 atom stereocenters. The summed E-state index contributed by atoms with van der Waals surface area (Å²) in [6.07, 6.45) is 19.7. The fourth-order valence-electron chi connectivity index (χ4n) is 12.3. The van der Waals surface area contributed by atoms with Crippen LogP contribution in [-0.4, -0.2) is 16.1 Å². The normalized spacial score (nSPS) is 16.0. The van der Waals surface area contributed by atoms with E-state index in [0.29, 0.717) is 5.92 Å². The van der Waals surface area contributed by atoms with Gasteiger partial charge in [0.2, 0.25) is 0 Å². The highest BCUT2D eigenvalue weighted by Gasteiger charge is 2.33. The first-order valence-electron chi connectivity index (χ1n) is 23.3. The molecule has 0 aromatic heterocycles. The summed E-state index contributed by atoms with van der Waals surface area (Å²) in [6, 6.07) is 56.9. The van der Waals surface area contributed by atoms with Crippen LogP contribution in [0.15, 0.2) is 170 Å². The van der Waals surface area contributed by atoms with Crippen molar-refractivity contribution < 1.29 is 0 Å². The van der Waals surface area contributed by atoms with Crippen molar-refractivity contribution in [3.05, 3.63) is 203 Å². The molecule has 0 radical (unpaired) electrons. The van der Waals surface area contributed by atoms with Gasteiger partial charge in [-0.05, 0) is 134 Å². The zero-order valence-electron chi connectivity index (χ0n) is 37.1. The molecule has 0 fully saturated rings. The van der Waals surface area contributed by atoms with Crippen molar-refractivity contribution in [2.24, 2.45) is 0 Å². The SMILES string of the molecule is C[Si](C)(c1ccc(-c2c3ccccc3c(-c3ccc([Si](C)(C)c4ccc5c6c7c(ccc46)C=CCC7C=C5)cc3)c3ccccc23)cc1)c1ccc2c3c4c(ccc13)C=CCC4=CC2. The lowest BCUT2D eigenvalue weighted by atomic mass is 9.79. The molecule has 0 spiro atoms. The van der Waals surface area contributed by atoms with Crippen LogP contribution in [0, 0.1) is 0 Å². The number of allylic oxidation sites excluding steroid dienone is 5. The van der Waals surface area contributed by atoms with E-state index in [-0.39, 0.29) is 0 Å². The van der Waals surface area contributed by atoms with Gasteiger partial charge in [-0.1, -0.05) is 225 Å². The predicted molar refractivity (Wildman–Crippen MR) is 284 cm³/mol. The van der Waals surface area contributed by atoms with Crippen LogP contribution < -0.4 is 20.7 Å². The number of rotatable bonds is 6. The van der Waals surface area contributed by atoms with Crippen molar-refractivity contribution in [2.75, 3.05) is 0 Å². The highest BCUT2D eigenvalue weighted by molar-refractivity contribution is 7.02. The van der Waals surface area contributed by atoms with Gasteiger partial charge in [-0.3, -0.25) is 0 Å². The van der Waals surface area contributed by atoms with Crippen LogP contribution >= 0.6 is 0 Å². The molecule has 0 amide bonds. The van der Waals surface area contributed by atoms with Crippen molar-refractivity contribution in [3.63, 3.8) is 0 Å². The summed E-state index contributed by atoms with van der Waals surface area (Å²) in [4.78, 5) is 0. The molecular formula is C62H50Si2. The largest absolute Gasteiger partial charge is 0.113 e. The Balaban J connectivity index is 0.889. The third kappa shape index (κ3) is 5.46. The van der Waals surface area contributed by atoms with E-state index in [0.717, 1.165) is 19.3 Å². The maximum absolute atomic E-state index is 2.54. The maximum Gasteiger partial charge on any atom is 0.113 e. The zero-order chi connectivity index (χ0) is 42.9. The summed E-state index contributed by atoms with van der Waals surface area (Å²) in [5.74, 6) is 0.484. The molecule has 0 saturated carbocycles.